The number of rotatable bonds is 3. The number of phenols is 1. The molecule has 4 aromatic rings. The number of aromatic hydroxyl groups is 1. The van der Waals surface area contributed by atoms with Crippen LogP contribution in [0.2, 0.25) is 0 Å². The van der Waals surface area contributed by atoms with Crippen LogP contribution in [0.25, 0.3) is 33.2 Å². The number of aryl methyl sites for hydroxylation is 2. The van der Waals surface area contributed by atoms with Crippen molar-refractivity contribution in [3.05, 3.63) is 42.2 Å². The number of anilines is 1. The maximum absolute atomic E-state index is 10.8. The van der Waals surface area contributed by atoms with Gasteiger partial charge in [-0.1, -0.05) is 0 Å². The van der Waals surface area contributed by atoms with Gasteiger partial charge in [-0.2, -0.15) is 5.10 Å². The minimum absolute atomic E-state index is 0.220. The van der Waals surface area contributed by atoms with Crippen LogP contribution in [0.4, 0.5) is 5.69 Å². The maximum atomic E-state index is 10.8. The number of aromatic nitrogens is 4. The Bertz CT molecular complexity index is 1240. The predicted octanol–water partition coefficient (Wildman–Crippen LogP) is 3.39. The number of pyridine rings is 2. The van der Waals surface area contributed by atoms with Gasteiger partial charge in [-0.05, 0) is 51.1 Å². The van der Waals surface area contributed by atoms with Crippen molar-refractivity contribution in [3.8, 4) is 17.0 Å². The van der Waals surface area contributed by atoms with Crippen molar-refractivity contribution < 1.29 is 5.11 Å². The highest BCUT2D eigenvalue weighted by Gasteiger charge is 2.19. The summed E-state index contributed by atoms with van der Waals surface area (Å²) in [5.74, 6) is 0.220. The highest BCUT2D eigenvalue weighted by Crippen LogP contribution is 2.36. The molecule has 5 rings (SSSR count). The minimum Gasteiger partial charge on any atom is -0.507 e. The molecule has 0 aliphatic carbocycles. The average Bonchev–Trinajstić information content (AvgIpc) is 3.16. The van der Waals surface area contributed by atoms with Crippen molar-refractivity contribution in [1.82, 2.24) is 25.1 Å². The first-order valence-corrected chi connectivity index (χ1v) is 10.4. The molecular weight excluding hydrogens is 376 g/mol. The molecule has 3 aromatic heterocycles. The third kappa shape index (κ3) is 3.15. The Morgan fingerprint density at radius 2 is 1.93 bits per heavy atom. The second kappa shape index (κ2) is 7.25. The molecule has 154 valence electrons. The van der Waals surface area contributed by atoms with Gasteiger partial charge in [0.15, 0.2) is 5.65 Å². The molecule has 2 N–H and O–H groups in total. The summed E-state index contributed by atoms with van der Waals surface area (Å²) in [5, 5.41) is 20.6. The van der Waals surface area contributed by atoms with Crippen LogP contribution in [0.15, 0.2) is 36.7 Å². The molecule has 0 atom stereocenters. The molecule has 30 heavy (non-hydrogen) atoms. The molecule has 7 nitrogen and oxygen atoms in total. The van der Waals surface area contributed by atoms with E-state index in [2.05, 4.69) is 26.4 Å². The maximum Gasteiger partial charge on any atom is 0.159 e. The molecule has 0 radical (unpaired) electrons. The average molecular weight is 403 g/mol. The number of benzene rings is 1. The van der Waals surface area contributed by atoms with Crippen LogP contribution in [-0.4, -0.2) is 51.0 Å². The first-order valence-electron chi connectivity index (χ1n) is 10.4. The minimum atomic E-state index is 0.220. The smallest absolute Gasteiger partial charge is 0.159 e. The summed E-state index contributed by atoms with van der Waals surface area (Å²) in [4.78, 5) is 11.8. The Morgan fingerprint density at radius 3 is 2.70 bits per heavy atom. The summed E-state index contributed by atoms with van der Waals surface area (Å²) in [6.07, 6.45) is 6.14. The molecule has 0 bridgehead atoms. The second-order valence-electron chi connectivity index (χ2n) is 8.13. The molecule has 7 heteroatoms. The lowest BCUT2D eigenvalue weighted by atomic mass is 10.0. The monoisotopic (exact) mass is 402 g/mol. The van der Waals surface area contributed by atoms with Gasteiger partial charge in [0.05, 0.1) is 23.1 Å². The normalized spacial score (nSPS) is 15.4. The number of nitrogens with one attached hydrogen (secondary N) is 1. The molecule has 0 saturated carbocycles. The first-order chi connectivity index (χ1) is 14.5. The zero-order valence-electron chi connectivity index (χ0n) is 17.6. The van der Waals surface area contributed by atoms with Gasteiger partial charge in [-0.3, -0.25) is 4.68 Å². The van der Waals surface area contributed by atoms with E-state index >= 15 is 0 Å². The Labute approximate surface area is 175 Å². The van der Waals surface area contributed by atoms with Crippen LogP contribution >= 0.6 is 0 Å². The van der Waals surface area contributed by atoms with Crippen LogP contribution in [0.1, 0.15) is 18.4 Å². The van der Waals surface area contributed by atoms with E-state index in [1.807, 2.05) is 51.6 Å². The Morgan fingerprint density at radius 1 is 1.13 bits per heavy atom. The molecule has 1 fully saturated rings. The molecular formula is C23H26N6O. The first kappa shape index (κ1) is 18.8. The number of nitrogens with zero attached hydrogens (tertiary/aromatic N) is 5. The number of hydrogen-bond acceptors (Lipinski definition) is 6. The lowest BCUT2D eigenvalue weighted by Gasteiger charge is -2.33. The third-order valence-corrected chi connectivity index (χ3v) is 6.19. The lowest BCUT2D eigenvalue weighted by molar-refractivity contribution is 0.442. The summed E-state index contributed by atoms with van der Waals surface area (Å²) < 4.78 is 1.76. The lowest BCUT2D eigenvalue weighted by Crippen LogP contribution is -2.41. The van der Waals surface area contributed by atoms with Crippen LogP contribution in [0.3, 0.4) is 0 Å². The highest BCUT2D eigenvalue weighted by atomic mass is 16.3. The third-order valence-electron chi connectivity index (χ3n) is 6.19. The van der Waals surface area contributed by atoms with Crippen LogP contribution < -0.4 is 10.2 Å². The molecule has 1 aliphatic heterocycles. The Hall–Kier alpha value is -3.19. The van der Waals surface area contributed by atoms with Gasteiger partial charge < -0.3 is 15.3 Å². The second-order valence-corrected chi connectivity index (χ2v) is 8.13. The summed E-state index contributed by atoms with van der Waals surface area (Å²) >= 11 is 0. The standard InChI is InChI=1S/C23H26N6O/c1-14-21-16(13-28(3)27-21)11-19(22(14)30)20-5-4-15-10-18(12-25-23(15)26-20)29-8-6-17(24-2)7-9-29/h4-5,10-13,17,24,30H,6-9H2,1-3H3. The van der Waals surface area contributed by atoms with E-state index < -0.39 is 0 Å². The van der Waals surface area contributed by atoms with Crippen molar-refractivity contribution >= 4 is 27.6 Å². The van der Waals surface area contributed by atoms with Crippen LogP contribution in [-0.2, 0) is 7.05 Å². The van der Waals surface area contributed by atoms with E-state index in [4.69, 9.17) is 4.98 Å². The number of phenolic OH excluding ortho intramolecular Hbond substituents is 1. The fourth-order valence-electron chi connectivity index (χ4n) is 4.39. The Balaban J connectivity index is 1.50. The quantitative estimate of drug-likeness (QED) is 0.547. The topological polar surface area (TPSA) is 79.1 Å². The van der Waals surface area contributed by atoms with Gasteiger partial charge in [0.25, 0.3) is 0 Å². The molecule has 4 heterocycles. The molecule has 0 amide bonds. The zero-order chi connectivity index (χ0) is 20.8. The number of piperidine rings is 1. The molecule has 1 aliphatic rings. The van der Waals surface area contributed by atoms with Gasteiger partial charge in [0.1, 0.15) is 5.75 Å². The van der Waals surface area contributed by atoms with Crippen molar-refractivity contribution in [2.24, 2.45) is 7.05 Å². The van der Waals surface area contributed by atoms with Gasteiger partial charge >= 0.3 is 0 Å². The van der Waals surface area contributed by atoms with Crippen LogP contribution in [0, 0.1) is 6.92 Å². The number of hydrogen-bond donors (Lipinski definition) is 2. The van der Waals surface area contributed by atoms with E-state index in [1.54, 1.807) is 4.68 Å². The fraction of sp³-hybridized carbons (Fsp3) is 0.348. The molecule has 0 unspecified atom stereocenters. The summed E-state index contributed by atoms with van der Waals surface area (Å²) in [6.45, 7) is 3.95. The summed E-state index contributed by atoms with van der Waals surface area (Å²) in [5.41, 5.74) is 4.81. The van der Waals surface area contributed by atoms with Crippen LogP contribution in [0.5, 0.6) is 5.75 Å². The van der Waals surface area contributed by atoms with Gasteiger partial charge in [-0.25, -0.2) is 9.97 Å². The largest absolute Gasteiger partial charge is 0.507 e. The van der Waals surface area contributed by atoms with Crippen molar-refractivity contribution in [2.45, 2.75) is 25.8 Å². The van der Waals surface area contributed by atoms with E-state index in [9.17, 15) is 5.11 Å². The van der Waals surface area contributed by atoms with E-state index in [-0.39, 0.29) is 5.75 Å². The van der Waals surface area contributed by atoms with E-state index in [1.165, 1.54) is 0 Å². The van der Waals surface area contributed by atoms with Gasteiger partial charge in [0, 0.05) is 54.3 Å². The van der Waals surface area contributed by atoms with E-state index in [0.29, 0.717) is 22.9 Å². The zero-order valence-corrected chi connectivity index (χ0v) is 17.6. The van der Waals surface area contributed by atoms with Gasteiger partial charge in [-0.15, -0.1) is 0 Å². The predicted molar refractivity (Wildman–Crippen MR) is 120 cm³/mol. The fourth-order valence-corrected chi connectivity index (χ4v) is 4.39. The molecule has 1 saturated heterocycles. The molecule has 1 aromatic carbocycles. The highest BCUT2D eigenvalue weighted by molar-refractivity contribution is 5.91. The number of fused-ring (bicyclic) bond motifs is 2. The van der Waals surface area contributed by atoms with E-state index in [0.717, 1.165) is 53.5 Å². The Kier molecular flexibility index (Phi) is 4.55. The summed E-state index contributed by atoms with van der Waals surface area (Å²) in [6, 6.07) is 8.70. The SMILES string of the molecule is CNC1CCN(c2cnc3nc(-c4cc5cn(C)nc5c(C)c4O)ccc3c2)CC1. The van der Waals surface area contributed by atoms with Crippen molar-refractivity contribution in [1.29, 1.82) is 0 Å². The van der Waals surface area contributed by atoms with Crippen molar-refractivity contribution in [3.63, 3.8) is 0 Å². The van der Waals surface area contributed by atoms with Gasteiger partial charge in [0.2, 0.25) is 0 Å². The van der Waals surface area contributed by atoms with Crippen molar-refractivity contribution in [2.75, 3.05) is 25.0 Å². The summed E-state index contributed by atoms with van der Waals surface area (Å²) in [7, 11) is 3.92. The molecule has 0 spiro atoms.